The van der Waals surface area contributed by atoms with Crippen LogP contribution in [0.1, 0.15) is 91.4 Å². The van der Waals surface area contributed by atoms with Crippen molar-refractivity contribution in [2.24, 2.45) is 0 Å². The number of hydrogen-bond donors (Lipinski definition) is 1. The van der Waals surface area contributed by atoms with Gasteiger partial charge in [-0.15, -0.1) is 0 Å². The van der Waals surface area contributed by atoms with Gasteiger partial charge in [-0.3, -0.25) is 0 Å². The number of hydrogen-bond acceptors (Lipinski definition) is 2. The summed E-state index contributed by atoms with van der Waals surface area (Å²) in [6.07, 6.45) is 16.0. The molecule has 2 unspecified atom stereocenters. The third-order valence-corrected chi connectivity index (χ3v) is 4.39. The van der Waals surface area contributed by atoms with Crippen LogP contribution in [0.5, 0.6) is 0 Å². The molecule has 2 atom stereocenters. The molecule has 0 bridgehead atoms. The molecule has 21 heavy (non-hydrogen) atoms. The highest BCUT2D eigenvalue weighted by molar-refractivity contribution is 5.60. The molecule has 0 radical (unpaired) electrons. The van der Waals surface area contributed by atoms with E-state index < -0.39 is 5.97 Å². The summed E-state index contributed by atoms with van der Waals surface area (Å²) in [5.74, 6) is -1.08. The van der Waals surface area contributed by atoms with Crippen molar-refractivity contribution in [2.75, 3.05) is 13.1 Å². The van der Waals surface area contributed by atoms with Gasteiger partial charge < -0.3 is 14.8 Å². The molecule has 3 nitrogen and oxygen atoms in total. The maximum atomic E-state index is 8.89. The molecule has 0 amide bonds. The van der Waals surface area contributed by atoms with Crippen molar-refractivity contribution >= 4 is 5.97 Å². The molecular formula is C18H37NO2. The van der Waals surface area contributed by atoms with Crippen LogP contribution in [-0.2, 0) is 4.79 Å². The summed E-state index contributed by atoms with van der Waals surface area (Å²) in [6.45, 7) is 8.52. The Balaban J connectivity index is 0.000000885. The van der Waals surface area contributed by atoms with Crippen LogP contribution >= 0.6 is 0 Å². The van der Waals surface area contributed by atoms with Gasteiger partial charge in [0.2, 0.25) is 0 Å². The number of unbranched alkanes of at least 4 members (excludes halogenated alkanes) is 5. The highest BCUT2D eigenvalue weighted by atomic mass is 16.4. The van der Waals surface area contributed by atoms with Crippen molar-refractivity contribution in [3.8, 4) is 0 Å². The van der Waals surface area contributed by atoms with E-state index >= 15 is 0 Å². The van der Waals surface area contributed by atoms with Crippen molar-refractivity contribution in [1.82, 2.24) is 0 Å². The minimum atomic E-state index is -1.08. The van der Waals surface area contributed by atoms with E-state index in [0.717, 1.165) is 13.0 Å². The lowest BCUT2D eigenvalue weighted by atomic mass is 9.97. The third kappa shape index (κ3) is 12.9. The van der Waals surface area contributed by atoms with Gasteiger partial charge in [-0.1, -0.05) is 39.5 Å². The summed E-state index contributed by atoms with van der Waals surface area (Å²) in [7, 11) is 0. The first-order valence-corrected chi connectivity index (χ1v) is 9.13. The monoisotopic (exact) mass is 299 g/mol. The third-order valence-electron chi connectivity index (χ3n) is 4.39. The van der Waals surface area contributed by atoms with Crippen molar-refractivity contribution in [3.63, 3.8) is 0 Å². The molecule has 0 aliphatic carbocycles. The Morgan fingerprint density at radius 2 is 1.67 bits per heavy atom. The summed E-state index contributed by atoms with van der Waals surface area (Å²) in [5, 5.41) is 8.89. The molecule has 0 aromatic carbocycles. The molecule has 0 spiro atoms. The van der Waals surface area contributed by atoms with Gasteiger partial charge in [0, 0.05) is 5.97 Å². The molecule has 1 fully saturated rings. The van der Waals surface area contributed by atoms with Crippen LogP contribution in [0, 0.1) is 0 Å². The molecule has 3 heteroatoms. The van der Waals surface area contributed by atoms with Gasteiger partial charge >= 0.3 is 0 Å². The lowest BCUT2D eigenvalue weighted by Crippen LogP contribution is -3.16. The number of likely N-dealkylation sites (tertiary alicyclic amines) is 1. The molecule has 1 aliphatic heterocycles. The van der Waals surface area contributed by atoms with E-state index in [1.165, 1.54) is 83.7 Å². The van der Waals surface area contributed by atoms with Gasteiger partial charge in [-0.05, 0) is 51.9 Å². The predicted octanol–water partition coefficient (Wildman–Crippen LogP) is 2.34. The predicted molar refractivity (Wildman–Crippen MR) is 87.3 cm³/mol. The van der Waals surface area contributed by atoms with Crippen LogP contribution in [0.2, 0.25) is 0 Å². The Bertz CT molecular complexity index is 239. The molecule has 1 aliphatic rings. The van der Waals surface area contributed by atoms with Gasteiger partial charge in [0.1, 0.15) is 0 Å². The molecule has 1 heterocycles. The largest absolute Gasteiger partial charge is 0.550 e. The second-order valence-electron chi connectivity index (χ2n) is 6.40. The first-order valence-electron chi connectivity index (χ1n) is 9.13. The number of piperidine rings is 1. The van der Waals surface area contributed by atoms with E-state index in [1.807, 2.05) is 4.90 Å². The van der Waals surface area contributed by atoms with Crippen LogP contribution < -0.4 is 10.0 Å². The quantitative estimate of drug-likeness (QED) is 0.664. The number of carbonyl (C=O) groups excluding carboxylic acids is 1. The van der Waals surface area contributed by atoms with E-state index in [9.17, 15) is 0 Å². The van der Waals surface area contributed by atoms with Gasteiger partial charge in [-0.2, -0.15) is 0 Å². The van der Waals surface area contributed by atoms with Crippen molar-refractivity contribution in [3.05, 3.63) is 0 Å². The van der Waals surface area contributed by atoms with Gasteiger partial charge in [0.25, 0.3) is 0 Å². The second kappa shape index (κ2) is 14.4. The lowest BCUT2D eigenvalue weighted by molar-refractivity contribution is -0.931. The smallest absolute Gasteiger partial charge is 0.0874 e. The average molecular weight is 299 g/mol. The molecule has 126 valence electrons. The van der Waals surface area contributed by atoms with E-state index in [1.54, 1.807) is 0 Å². The van der Waals surface area contributed by atoms with Gasteiger partial charge in [0.05, 0.1) is 19.1 Å². The molecule has 1 N–H and O–H groups in total. The molecule has 0 saturated carbocycles. The first kappa shape index (κ1) is 20.4. The number of carboxylic acids is 1. The first-order chi connectivity index (χ1) is 10.1. The normalized spacial score (nSPS) is 21.5. The fraction of sp³-hybridized carbons (Fsp3) is 0.944. The Hall–Kier alpha value is -0.570. The van der Waals surface area contributed by atoms with Crippen LogP contribution in [-0.4, -0.2) is 25.1 Å². The zero-order valence-corrected chi connectivity index (χ0v) is 14.6. The number of nitrogens with one attached hydrogen (secondary N) is 1. The summed E-state index contributed by atoms with van der Waals surface area (Å²) in [5.41, 5.74) is 0. The van der Waals surface area contributed by atoms with Crippen LogP contribution in [0.15, 0.2) is 0 Å². The van der Waals surface area contributed by atoms with Crippen molar-refractivity contribution in [2.45, 2.75) is 97.4 Å². The number of carbonyl (C=O) groups is 1. The SMILES string of the molecule is CC(=O)[O-].CCCCCCC[NH+]1CCCCC1CCCC. The fourth-order valence-corrected chi connectivity index (χ4v) is 3.23. The van der Waals surface area contributed by atoms with E-state index in [0.29, 0.717) is 0 Å². The molecule has 1 saturated heterocycles. The average Bonchev–Trinajstić information content (AvgIpc) is 2.45. The minimum Gasteiger partial charge on any atom is -0.550 e. The maximum Gasteiger partial charge on any atom is 0.0874 e. The minimum absolute atomic E-state index is 0.972. The van der Waals surface area contributed by atoms with Crippen LogP contribution in [0.25, 0.3) is 0 Å². The van der Waals surface area contributed by atoms with Crippen LogP contribution in [0.4, 0.5) is 0 Å². The van der Waals surface area contributed by atoms with E-state index in [-0.39, 0.29) is 0 Å². The highest BCUT2D eigenvalue weighted by Crippen LogP contribution is 2.10. The summed E-state index contributed by atoms with van der Waals surface area (Å²) >= 11 is 0. The number of rotatable bonds is 9. The summed E-state index contributed by atoms with van der Waals surface area (Å²) < 4.78 is 0. The number of quaternary nitrogens is 1. The maximum absolute atomic E-state index is 8.89. The number of aliphatic carboxylic acids is 1. The number of carboxylic acid groups (broad SMARTS) is 1. The van der Waals surface area contributed by atoms with E-state index in [2.05, 4.69) is 13.8 Å². The van der Waals surface area contributed by atoms with Gasteiger partial charge in [0.15, 0.2) is 0 Å². The summed E-state index contributed by atoms with van der Waals surface area (Å²) in [6, 6.07) is 1.01. The lowest BCUT2D eigenvalue weighted by Gasteiger charge is -2.32. The van der Waals surface area contributed by atoms with Crippen LogP contribution in [0.3, 0.4) is 0 Å². The zero-order valence-electron chi connectivity index (χ0n) is 14.6. The topological polar surface area (TPSA) is 44.6 Å². The van der Waals surface area contributed by atoms with Gasteiger partial charge in [-0.25, -0.2) is 0 Å². The zero-order chi connectivity index (χ0) is 15.9. The fourth-order valence-electron chi connectivity index (χ4n) is 3.23. The Morgan fingerprint density at radius 3 is 2.29 bits per heavy atom. The second-order valence-corrected chi connectivity index (χ2v) is 6.40. The molecule has 0 aromatic heterocycles. The molecule has 0 aromatic rings. The van der Waals surface area contributed by atoms with E-state index in [4.69, 9.17) is 9.90 Å². The molecular weight excluding hydrogens is 262 g/mol. The Labute approximate surface area is 132 Å². The Morgan fingerprint density at radius 1 is 1.05 bits per heavy atom. The standard InChI is InChI=1S/C16H33N.C2H4O2/c1-3-5-7-8-10-14-17-15-11-9-13-16(17)12-6-4-2;1-2(3)4/h16H,3-15H2,1-2H3;1H3,(H,3,4). The van der Waals surface area contributed by atoms with Crippen molar-refractivity contribution < 1.29 is 14.8 Å². The van der Waals surface area contributed by atoms with Crippen molar-refractivity contribution in [1.29, 1.82) is 0 Å². The summed E-state index contributed by atoms with van der Waals surface area (Å²) in [4.78, 5) is 10.8. The highest BCUT2D eigenvalue weighted by Gasteiger charge is 2.24. The molecule has 1 rings (SSSR count). The Kier molecular flexibility index (Phi) is 14.0.